The molecule has 0 aromatic rings. The van der Waals surface area contributed by atoms with Gasteiger partial charge in [0, 0.05) is 19.6 Å². The van der Waals surface area contributed by atoms with E-state index in [9.17, 15) is 14.7 Å². The quantitative estimate of drug-likeness (QED) is 0.746. The average molecular weight is 260 g/mol. The summed E-state index contributed by atoms with van der Waals surface area (Å²) in [4.78, 5) is 25.6. The third kappa shape index (κ3) is 6.44. The number of aliphatic hydroxyl groups is 1. The molecule has 0 saturated carbocycles. The van der Waals surface area contributed by atoms with Gasteiger partial charge in [0.15, 0.2) is 0 Å². The van der Waals surface area contributed by atoms with Crippen LogP contribution in [0.2, 0.25) is 0 Å². The van der Waals surface area contributed by atoms with Crippen molar-refractivity contribution in [2.45, 2.75) is 45.8 Å². The van der Waals surface area contributed by atoms with Crippen LogP contribution in [-0.2, 0) is 4.79 Å². The van der Waals surface area contributed by atoms with Crippen LogP contribution < -0.4 is 0 Å². The van der Waals surface area contributed by atoms with E-state index in [0.29, 0.717) is 0 Å². The molecule has 0 radical (unpaired) electrons. The molecule has 0 spiro atoms. The first-order valence-electron chi connectivity index (χ1n) is 6.00. The Morgan fingerprint density at radius 2 is 1.78 bits per heavy atom. The highest BCUT2D eigenvalue weighted by molar-refractivity contribution is 5.75. The second-order valence-electron chi connectivity index (χ2n) is 5.38. The summed E-state index contributed by atoms with van der Waals surface area (Å²) in [7, 11) is 1.59. The molecule has 2 N–H and O–H groups in total. The number of hydrogen-bond acceptors (Lipinski definition) is 3. The lowest BCUT2D eigenvalue weighted by Crippen LogP contribution is -2.49. The van der Waals surface area contributed by atoms with E-state index in [0.717, 1.165) is 0 Å². The number of carbonyl (C=O) groups excluding carboxylic acids is 1. The first kappa shape index (κ1) is 16.7. The SMILES string of the molecule is CC(C)N(CCC(=O)O)C(=O)N(C)CC(C)(C)O. The zero-order valence-corrected chi connectivity index (χ0v) is 11.8. The molecule has 0 aliphatic rings. The number of carbonyl (C=O) groups is 2. The number of rotatable bonds is 6. The van der Waals surface area contributed by atoms with Gasteiger partial charge in [-0.3, -0.25) is 4.79 Å². The normalized spacial score (nSPS) is 11.5. The lowest BCUT2D eigenvalue weighted by Gasteiger charge is -2.33. The molecule has 106 valence electrons. The molecule has 0 rings (SSSR count). The highest BCUT2D eigenvalue weighted by Crippen LogP contribution is 2.09. The van der Waals surface area contributed by atoms with Gasteiger partial charge >= 0.3 is 12.0 Å². The van der Waals surface area contributed by atoms with Crippen molar-refractivity contribution in [3.05, 3.63) is 0 Å². The number of carboxylic acids is 1. The molecule has 6 nitrogen and oxygen atoms in total. The van der Waals surface area contributed by atoms with Crippen molar-refractivity contribution in [1.29, 1.82) is 0 Å². The van der Waals surface area contributed by atoms with Crippen LogP contribution in [-0.4, -0.2) is 63.8 Å². The fraction of sp³-hybridized carbons (Fsp3) is 0.833. The summed E-state index contributed by atoms with van der Waals surface area (Å²) in [6.45, 7) is 7.26. The minimum Gasteiger partial charge on any atom is -0.481 e. The van der Waals surface area contributed by atoms with Gasteiger partial charge in [-0.15, -0.1) is 0 Å². The molecule has 0 saturated heterocycles. The van der Waals surface area contributed by atoms with Crippen molar-refractivity contribution in [2.75, 3.05) is 20.1 Å². The predicted octanol–water partition coefficient (Wildman–Crippen LogP) is 0.994. The van der Waals surface area contributed by atoms with E-state index in [-0.39, 0.29) is 31.6 Å². The number of nitrogens with zero attached hydrogens (tertiary/aromatic N) is 2. The first-order valence-corrected chi connectivity index (χ1v) is 6.00. The first-order chi connectivity index (χ1) is 8.04. The van der Waals surface area contributed by atoms with Gasteiger partial charge in [-0.1, -0.05) is 0 Å². The van der Waals surface area contributed by atoms with E-state index < -0.39 is 11.6 Å². The fourth-order valence-electron chi connectivity index (χ4n) is 1.66. The van der Waals surface area contributed by atoms with Gasteiger partial charge in [0.2, 0.25) is 0 Å². The third-order valence-corrected chi connectivity index (χ3v) is 2.39. The maximum Gasteiger partial charge on any atom is 0.320 e. The van der Waals surface area contributed by atoms with E-state index in [4.69, 9.17) is 5.11 Å². The number of amides is 2. The Kier molecular flexibility index (Phi) is 6.11. The molecule has 18 heavy (non-hydrogen) atoms. The summed E-state index contributed by atoms with van der Waals surface area (Å²) in [5, 5.41) is 18.3. The van der Waals surface area contributed by atoms with Gasteiger partial charge in [-0.2, -0.15) is 0 Å². The van der Waals surface area contributed by atoms with Crippen molar-refractivity contribution in [2.24, 2.45) is 0 Å². The molecular formula is C12H24N2O4. The number of carboxylic acid groups (broad SMARTS) is 1. The van der Waals surface area contributed by atoms with Crippen LogP contribution >= 0.6 is 0 Å². The Morgan fingerprint density at radius 1 is 1.28 bits per heavy atom. The fourth-order valence-corrected chi connectivity index (χ4v) is 1.66. The van der Waals surface area contributed by atoms with Crippen molar-refractivity contribution in [3.63, 3.8) is 0 Å². The van der Waals surface area contributed by atoms with E-state index >= 15 is 0 Å². The second-order valence-corrected chi connectivity index (χ2v) is 5.38. The largest absolute Gasteiger partial charge is 0.481 e. The Morgan fingerprint density at radius 3 is 2.11 bits per heavy atom. The monoisotopic (exact) mass is 260 g/mol. The molecule has 6 heteroatoms. The Hall–Kier alpha value is -1.30. The maximum absolute atomic E-state index is 12.1. The summed E-state index contributed by atoms with van der Waals surface area (Å²) in [5.41, 5.74) is -0.972. The summed E-state index contributed by atoms with van der Waals surface area (Å²) >= 11 is 0. The van der Waals surface area contributed by atoms with E-state index in [1.165, 1.54) is 9.80 Å². The van der Waals surface area contributed by atoms with Gasteiger partial charge in [0.1, 0.15) is 0 Å². The number of hydrogen-bond donors (Lipinski definition) is 2. The Labute approximate surface area is 108 Å². The summed E-state index contributed by atoms with van der Waals surface area (Å²) in [6.07, 6.45) is -0.0831. The molecule has 2 amide bonds. The molecule has 0 aliphatic heterocycles. The molecule has 0 fully saturated rings. The van der Waals surface area contributed by atoms with Gasteiger partial charge in [-0.25, -0.2) is 4.79 Å². The lowest BCUT2D eigenvalue weighted by atomic mass is 10.1. The van der Waals surface area contributed by atoms with Crippen molar-refractivity contribution < 1.29 is 19.8 Å². The lowest BCUT2D eigenvalue weighted by molar-refractivity contribution is -0.137. The molecule has 0 bridgehead atoms. The highest BCUT2D eigenvalue weighted by Gasteiger charge is 2.25. The second kappa shape index (κ2) is 6.58. The van der Waals surface area contributed by atoms with Crippen LogP contribution in [0, 0.1) is 0 Å². The minimum atomic E-state index is -0.972. The van der Waals surface area contributed by atoms with E-state index in [2.05, 4.69) is 0 Å². The summed E-state index contributed by atoms with van der Waals surface area (Å²) in [5.74, 6) is -0.932. The highest BCUT2D eigenvalue weighted by atomic mass is 16.4. The third-order valence-electron chi connectivity index (χ3n) is 2.39. The van der Waals surface area contributed by atoms with Gasteiger partial charge in [-0.05, 0) is 27.7 Å². The zero-order chi connectivity index (χ0) is 14.5. The number of likely N-dealkylation sites (N-methyl/N-ethyl adjacent to an activating group) is 1. The summed E-state index contributed by atoms with van der Waals surface area (Å²) in [6, 6.07) is -0.352. The standard InChI is InChI=1S/C12H24N2O4/c1-9(2)14(7-6-10(15)16)11(17)13(5)8-12(3,4)18/h9,18H,6-8H2,1-5H3,(H,15,16). The average Bonchev–Trinajstić information content (AvgIpc) is 2.13. The molecule has 0 aromatic carbocycles. The van der Waals surface area contributed by atoms with Crippen molar-refractivity contribution in [3.8, 4) is 0 Å². The maximum atomic E-state index is 12.1. The summed E-state index contributed by atoms with van der Waals surface area (Å²) < 4.78 is 0. The Balaban J connectivity index is 4.60. The molecule has 0 aromatic heterocycles. The van der Waals surface area contributed by atoms with Crippen LogP contribution in [0.1, 0.15) is 34.1 Å². The molecule has 0 aliphatic carbocycles. The number of urea groups is 1. The van der Waals surface area contributed by atoms with Crippen LogP contribution in [0.4, 0.5) is 4.79 Å². The van der Waals surface area contributed by atoms with E-state index in [1.807, 2.05) is 13.8 Å². The van der Waals surface area contributed by atoms with Gasteiger partial charge < -0.3 is 20.0 Å². The smallest absolute Gasteiger partial charge is 0.320 e. The molecule has 0 atom stereocenters. The predicted molar refractivity (Wildman–Crippen MR) is 68.4 cm³/mol. The molecular weight excluding hydrogens is 236 g/mol. The topological polar surface area (TPSA) is 81.1 Å². The van der Waals surface area contributed by atoms with Crippen molar-refractivity contribution >= 4 is 12.0 Å². The zero-order valence-electron chi connectivity index (χ0n) is 11.8. The van der Waals surface area contributed by atoms with Crippen molar-refractivity contribution in [1.82, 2.24) is 9.80 Å². The van der Waals surface area contributed by atoms with Gasteiger partial charge in [0.25, 0.3) is 0 Å². The van der Waals surface area contributed by atoms with Crippen LogP contribution in [0.25, 0.3) is 0 Å². The van der Waals surface area contributed by atoms with Crippen LogP contribution in [0.3, 0.4) is 0 Å². The molecule has 0 heterocycles. The minimum absolute atomic E-state index is 0.0823. The van der Waals surface area contributed by atoms with Crippen LogP contribution in [0.15, 0.2) is 0 Å². The number of aliphatic carboxylic acids is 1. The van der Waals surface area contributed by atoms with E-state index in [1.54, 1.807) is 20.9 Å². The van der Waals surface area contributed by atoms with Gasteiger partial charge in [0.05, 0.1) is 18.6 Å². The molecule has 0 unspecified atom stereocenters. The Bertz CT molecular complexity index is 297. The van der Waals surface area contributed by atoms with Crippen LogP contribution in [0.5, 0.6) is 0 Å².